The number of benzene rings is 2. The Bertz CT molecular complexity index is 872. The number of nitrogens with one attached hydrogen (secondary N) is 2. The molecule has 0 atom stereocenters. The van der Waals surface area contributed by atoms with Crippen molar-refractivity contribution in [1.82, 2.24) is 5.32 Å². The maximum absolute atomic E-state index is 12.1. The van der Waals surface area contributed by atoms with E-state index >= 15 is 0 Å². The van der Waals surface area contributed by atoms with Crippen molar-refractivity contribution in [2.45, 2.75) is 39.5 Å². The number of carbonyl (C=O) groups is 2. The highest BCUT2D eigenvalue weighted by molar-refractivity contribution is 7.80. The number of hydrogen-bond acceptors (Lipinski definition) is 5. The maximum atomic E-state index is 12.1. The van der Waals surface area contributed by atoms with Gasteiger partial charge in [0.25, 0.3) is 5.91 Å². The summed E-state index contributed by atoms with van der Waals surface area (Å²) < 4.78 is 10.6. The van der Waals surface area contributed by atoms with E-state index < -0.39 is 0 Å². The summed E-state index contributed by atoms with van der Waals surface area (Å²) in [5, 5.41) is 5.61. The van der Waals surface area contributed by atoms with Crippen LogP contribution >= 0.6 is 12.2 Å². The van der Waals surface area contributed by atoms with Gasteiger partial charge in [-0.25, -0.2) is 4.79 Å². The topological polar surface area (TPSA) is 76.7 Å². The van der Waals surface area contributed by atoms with Crippen LogP contribution in [0.4, 0.5) is 5.69 Å². The fourth-order valence-electron chi connectivity index (χ4n) is 2.49. The van der Waals surface area contributed by atoms with Crippen LogP contribution in [0.15, 0.2) is 48.5 Å². The lowest BCUT2D eigenvalue weighted by Crippen LogP contribution is -2.37. The first kappa shape index (κ1) is 23.3. The standard InChI is InChI=1S/C23H28N2O4S/c1-5-14-28-21(27)16-6-10-18(11-7-16)24-22(30)25-20(26)15-29-19-12-8-17(9-13-19)23(2,3)4/h6-13H,5,14-15H2,1-4H3,(H2,24,25,26,30). The Labute approximate surface area is 183 Å². The van der Waals surface area contributed by atoms with Gasteiger partial charge in [-0.2, -0.15) is 0 Å². The number of thiocarbonyl (C=S) groups is 1. The van der Waals surface area contributed by atoms with Gasteiger partial charge in [0.05, 0.1) is 12.2 Å². The second-order valence-corrected chi connectivity index (χ2v) is 8.19. The monoisotopic (exact) mass is 428 g/mol. The molecule has 2 rings (SSSR count). The molecule has 0 bridgehead atoms. The molecule has 0 spiro atoms. The minimum absolute atomic E-state index is 0.0573. The molecule has 1 amide bonds. The molecule has 0 saturated carbocycles. The van der Waals surface area contributed by atoms with Crippen LogP contribution in [0, 0.1) is 0 Å². The van der Waals surface area contributed by atoms with Crippen LogP contribution in [-0.2, 0) is 14.9 Å². The summed E-state index contributed by atoms with van der Waals surface area (Å²) in [6, 6.07) is 14.3. The summed E-state index contributed by atoms with van der Waals surface area (Å²) in [7, 11) is 0. The number of esters is 1. The fraction of sp³-hybridized carbons (Fsp3) is 0.348. The van der Waals surface area contributed by atoms with Crippen LogP contribution in [0.2, 0.25) is 0 Å². The molecule has 2 aromatic rings. The molecule has 0 aliphatic carbocycles. The zero-order valence-corrected chi connectivity index (χ0v) is 18.6. The summed E-state index contributed by atoms with van der Waals surface area (Å²) in [6.07, 6.45) is 0.769. The number of hydrogen-bond donors (Lipinski definition) is 2. The summed E-state index contributed by atoms with van der Waals surface area (Å²) in [5.41, 5.74) is 2.34. The van der Waals surface area contributed by atoms with E-state index in [2.05, 4.69) is 31.4 Å². The first-order chi connectivity index (χ1) is 14.2. The third-order valence-electron chi connectivity index (χ3n) is 4.16. The molecule has 0 heterocycles. The Hall–Kier alpha value is -2.93. The van der Waals surface area contributed by atoms with Crippen molar-refractivity contribution in [2.75, 3.05) is 18.5 Å². The average molecular weight is 429 g/mol. The smallest absolute Gasteiger partial charge is 0.338 e. The van der Waals surface area contributed by atoms with Crippen LogP contribution in [-0.4, -0.2) is 30.2 Å². The van der Waals surface area contributed by atoms with Crippen LogP contribution < -0.4 is 15.4 Å². The van der Waals surface area contributed by atoms with Gasteiger partial charge in [-0.05, 0) is 66.0 Å². The lowest BCUT2D eigenvalue weighted by Gasteiger charge is -2.19. The van der Waals surface area contributed by atoms with Crippen LogP contribution in [0.5, 0.6) is 5.75 Å². The van der Waals surface area contributed by atoms with Crippen molar-refractivity contribution >= 4 is 34.9 Å². The Morgan fingerprint density at radius 3 is 2.20 bits per heavy atom. The van der Waals surface area contributed by atoms with E-state index in [1.165, 1.54) is 5.56 Å². The summed E-state index contributed by atoms with van der Waals surface area (Å²) in [6.45, 7) is 8.57. The molecule has 2 aromatic carbocycles. The second kappa shape index (κ2) is 10.7. The first-order valence-corrected chi connectivity index (χ1v) is 10.2. The van der Waals surface area contributed by atoms with Crippen LogP contribution in [0.3, 0.4) is 0 Å². The van der Waals surface area contributed by atoms with E-state index in [0.717, 1.165) is 6.42 Å². The van der Waals surface area contributed by atoms with Crippen molar-refractivity contribution in [3.63, 3.8) is 0 Å². The van der Waals surface area contributed by atoms with Gasteiger partial charge in [-0.1, -0.05) is 39.8 Å². The predicted molar refractivity (Wildman–Crippen MR) is 122 cm³/mol. The Balaban J connectivity index is 1.79. The SMILES string of the molecule is CCCOC(=O)c1ccc(NC(=S)NC(=O)COc2ccc(C(C)(C)C)cc2)cc1. The van der Waals surface area contributed by atoms with Crippen molar-refractivity contribution in [3.05, 3.63) is 59.7 Å². The van der Waals surface area contributed by atoms with E-state index in [9.17, 15) is 9.59 Å². The third kappa shape index (κ3) is 7.48. The molecule has 0 unspecified atom stereocenters. The Morgan fingerprint density at radius 1 is 1.00 bits per heavy atom. The molecule has 2 N–H and O–H groups in total. The number of rotatable bonds is 7. The van der Waals surface area contributed by atoms with Gasteiger partial charge in [0, 0.05) is 5.69 Å². The third-order valence-corrected chi connectivity index (χ3v) is 4.36. The predicted octanol–water partition coefficient (Wildman–Crippen LogP) is 4.44. The van der Waals surface area contributed by atoms with Crippen molar-refractivity contribution in [2.24, 2.45) is 0 Å². The number of amides is 1. The van der Waals surface area contributed by atoms with Crippen molar-refractivity contribution < 1.29 is 19.1 Å². The quantitative estimate of drug-likeness (QED) is 0.501. The van der Waals surface area contributed by atoms with Gasteiger partial charge in [0.2, 0.25) is 0 Å². The van der Waals surface area contributed by atoms with Crippen LogP contribution in [0.25, 0.3) is 0 Å². The summed E-state index contributed by atoms with van der Waals surface area (Å²) >= 11 is 5.15. The second-order valence-electron chi connectivity index (χ2n) is 7.78. The highest BCUT2D eigenvalue weighted by atomic mass is 32.1. The number of carbonyl (C=O) groups excluding carboxylic acids is 2. The molecule has 0 radical (unpaired) electrons. The largest absolute Gasteiger partial charge is 0.484 e. The first-order valence-electron chi connectivity index (χ1n) is 9.80. The van der Waals surface area contributed by atoms with Gasteiger partial charge in [0.1, 0.15) is 5.75 Å². The highest BCUT2D eigenvalue weighted by Crippen LogP contribution is 2.24. The molecule has 160 valence electrons. The maximum Gasteiger partial charge on any atom is 0.338 e. The van der Waals surface area contributed by atoms with Crippen molar-refractivity contribution in [3.8, 4) is 5.75 Å². The molecule has 0 aromatic heterocycles. The van der Waals surface area contributed by atoms with E-state index in [4.69, 9.17) is 21.7 Å². The zero-order chi connectivity index (χ0) is 22.1. The fourth-order valence-corrected chi connectivity index (χ4v) is 2.72. The number of anilines is 1. The van der Waals surface area contributed by atoms with Gasteiger partial charge >= 0.3 is 5.97 Å². The lowest BCUT2D eigenvalue weighted by molar-refractivity contribution is -0.121. The molecule has 6 nitrogen and oxygen atoms in total. The zero-order valence-electron chi connectivity index (χ0n) is 17.8. The number of ether oxygens (including phenoxy) is 2. The minimum atomic E-state index is -0.369. The van der Waals surface area contributed by atoms with Gasteiger partial charge in [-0.15, -0.1) is 0 Å². The van der Waals surface area contributed by atoms with E-state index in [1.807, 2.05) is 31.2 Å². The van der Waals surface area contributed by atoms with E-state index in [-0.39, 0.29) is 29.0 Å². The minimum Gasteiger partial charge on any atom is -0.484 e. The van der Waals surface area contributed by atoms with Gasteiger partial charge in [0.15, 0.2) is 11.7 Å². The normalized spacial score (nSPS) is 10.8. The molecule has 30 heavy (non-hydrogen) atoms. The molecule has 0 aliphatic heterocycles. The van der Waals surface area contributed by atoms with Gasteiger partial charge in [-0.3, -0.25) is 10.1 Å². The summed E-state index contributed by atoms with van der Waals surface area (Å²) in [4.78, 5) is 23.9. The van der Waals surface area contributed by atoms with E-state index in [1.54, 1.807) is 24.3 Å². The molecule has 0 fully saturated rings. The van der Waals surface area contributed by atoms with Gasteiger partial charge < -0.3 is 14.8 Å². The molecule has 0 saturated heterocycles. The van der Waals surface area contributed by atoms with E-state index in [0.29, 0.717) is 23.6 Å². The average Bonchev–Trinajstić information content (AvgIpc) is 2.70. The molecule has 0 aliphatic rings. The summed E-state index contributed by atoms with van der Waals surface area (Å²) in [5.74, 6) is -0.123. The van der Waals surface area contributed by atoms with Crippen LogP contribution in [0.1, 0.15) is 50.0 Å². The lowest BCUT2D eigenvalue weighted by atomic mass is 9.87. The Morgan fingerprint density at radius 2 is 1.63 bits per heavy atom. The molecule has 7 heteroatoms. The molecular weight excluding hydrogens is 400 g/mol. The molecular formula is C23H28N2O4S. The Kier molecular flexibility index (Phi) is 8.35. The van der Waals surface area contributed by atoms with Crippen molar-refractivity contribution in [1.29, 1.82) is 0 Å². The highest BCUT2D eigenvalue weighted by Gasteiger charge is 2.13.